The third-order valence-corrected chi connectivity index (χ3v) is 5.41. The molecule has 2 aromatic carbocycles. The maximum atomic E-state index is 14.8. The molecule has 2 N–H and O–H groups in total. The van der Waals surface area contributed by atoms with Crippen molar-refractivity contribution in [3.8, 4) is 5.75 Å². The van der Waals surface area contributed by atoms with Crippen molar-refractivity contribution in [3.05, 3.63) is 57.6 Å². The van der Waals surface area contributed by atoms with Crippen molar-refractivity contribution in [3.63, 3.8) is 0 Å². The Morgan fingerprint density at radius 3 is 2.86 bits per heavy atom. The molecule has 2 heterocycles. The molecule has 29 heavy (non-hydrogen) atoms. The van der Waals surface area contributed by atoms with E-state index >= 15 is 0 Å². The highest BCUT2D eigenvalue weighted by Crippen LogP contribution is 2.39. The van der Waals surface area contributed by atoms with Crippen LogP contribution in [0.2, 0.25) is 10.0 Å². The number of hydroxylamine groups is 1. The summed E-state index contributed by atoms with van der Waals surface area (Å²) in [5.41, 5.74) is 3.94. The lowest BCUT2D eigenvalue weighted by molar-refractivity contribution is -0.125. The number of amides is 1. The summed E-state index contributed by atoms with van der Waals surface area (Å²) in [5.74, 6) is -0.307. The quantitative estimate of drug-likeness (QED) is 0.566. The van der Waals surface area contributed by atoms with Crippen LogP contribution in [-0.4, -0.2) is 17.4 Å². The lowest BCUT2D eigenvalue weighted by Crippen LogP contribution is -2.33. The normalized spacial score (nSPS) is 19.3. The number of aromatic nitrogens is 1. The molecule has 0 radical (unpaired) electrons. The summed E-state index contributed by atoms with van der Waals surface area (Å²) in [6.45, 7) is 1.78. The van der Waals surface area contributed by atoms with Crippen LogP contribution in [0.15, 0.2) is 34.7 Å². The number of rotatable bonds is 4. The van der Waals surface area contributed by atoms with Crippen LogP contribution < -0.4 is 15.6 Å². The molecule has 1 saturated heterocycles. The molecule has 1 amide bonds. The zero-order valence-corrected chi connectivity index (χ0v) is 17.0. The Balaban J connectivity index is 1.53. The van der Waals surface area contributed by atoms with Crippen molar-refractivity contribution >= 4 is 40.2 Å². The van der Waals surface area contributed by atoms with Gasteiger partial charge in [0.1, 0.15) is 11.3 Å². The van der Waals surface area contributed by atoms with Gasteiger partial charge >= 0.3 is 0 Å². The molecule has 1 aromatic heterocycles. The van der Waals surface area contributed by atoms with E-state index in [0.29, 0.717) is 47.0 Å². The molecule has 4 rings (SSSR count). The van der Waals surface area contributed by atoms with Gasteiger partial charge in [-0.05, 0) is 43.2 Å². The standard InChI is InChI=1S/C20H18Cl2FN3O3/c1-10(27)26-29-17-7-4-13(22)19(23)18(17)11-2-5-14(24-9-11)20-25-15-8-12(21)3-6-16(15)28-20/h3-4,6-8,11,14,24H,2,5,9H2,1H3,(H,26,27)/t11-,14-/m1/s1. The number of halogens is 3. The average Bonchev–Trinajstić information content (AvgIpc) is 3.12. The molecule has 3 aromatic rings. The summed E-state index contributed by atoms with van der Waals surface area (Å²) >= 11 is 12.0. The number of nitrogens with one attached hydrogen (secondary N) is 2. The minimum absolute atomic E-state index is 0.00753. The smallest absolute Gasteiger partial charge is 0.249 e. The van der Waals surface area contributed by atoms with Gasteiger partial charge < -0.3 is 14.6 Å². The predicted octanol–water partition coefficient (Wildman–Crippen LogP) is 4.91. The Labute approximate surface area is 176 Å². The van der Waals surface area contributed by atoms with Gasteiger partial charge in [0.25, 0.3) is 0 Å². The van der Waals surface area contributed by atoms with Crippen LogP contribution in [0.3, 0.4) is 0 Å². The van der Waals surface area contributed by atoms with Crippen LogP contribution in [0, 0.1) is 5.82 Å². The summed E-state index contributed by atoms with van der Waals surface area (Å²) in [7, 11) is 0. The Morgan fingerprint density at radius 2 is 2.14 bits per heavy atom. The highest BCUT2D eigenvalue weighted by Gasteiger charge is 2.30. The Hall–Kier alpha value is -2.35. The van der Waals surface area contributed by atoms with Crippen molar-refractivity contribution in [2.24, 2.45) is 0 Å². The highest BCUT2D eigenvalue weighted by atomic mass is 35.5. The Bertz CT molecular complexity index is 1060. The van der Waals surface area contributed by atoms with Gasteiger partial charge in [0, 0.05) is 30.0 Å². The molecule has 6 nitrogen and oxygen atoms in total. The van der Waals surface area contributed by atoms with Crippen LogP contribution in [0.1, 0.15) is 43.2 Å². The van der Waals surface area contributed by atoms with E-state index in [4.69, 9.17) is 32.5 Å². The van der Waals surface area contributed by atoms with Crippen molar-refractivity contribution in [2.75, 3.05) is 6.54 Å². The van der Waals surface area contributed by atoms with E-state index in [-0.39, 0.29) is 28.6 Å². The van der Waals surface area contributed by atoms with E-state index in [2.05, 4.69) is 15.8 Å². The van der Waals surface area contributed by atoms with Crippen molar-refractivity contribution < 1.29 is 18.4 Å². The van der Waals surface area contributed by atoms with Gasteiger partial charge in [-0.15, -0.1) is 0 Å². The molecule has 9 heteroatoms. The van der Waals surface area contributed by atoms with E-state index in [1.807, 2.05) is 0 Å². The molecule has 0 aliphatic carbocycles. The molecule has 1 aliphatic rings. The predicted molar refractivity (Wildman–Crippen MR) is 108 cm³/mol. The number of nitrogens with zero attached hydrogens (tertiary/aromatic N) is 1. The van der Waals surface area contributed by atoms with E-state index in [0.717, 1.165) is 0 Å². The third kappa shape index (κ3) is 4.17. The third-order valence-electron chi connectivity index (χ3n) is 4.88. The molecule has 0 saturated carbocycles. The van der Waals surface area contributed by atoms with Crippen LogP contribution in [0.25, 0.3) is 11.1 Å². The fraction of sp³-hybridized carbons (Fsp3) is 0.300. The van der Waals surface area contributed by atoms with Gasteiger partial charge in [-0.1, -0.05) is 23.2 Å². The number of hydrogen-bond donors (Lipinski definition) is 2. The van der Waals surface area contributed by atoms with E-state index in [1.54, 1.807) is 24.3 Å². The van der Waals surface area contributed by atoms with Crippen LogP contribution in [0.5, 0.6) is 5.75 Å². The lowest BCUT2D eigenvalue weighted by Gasteiger charge is -2.29. The first-order valence-corrected chi connectivity index (χ1v) is 9.88. The zero-order valence-electron chi connectivity index (χ0n) is 15.5. The fourth-order valence-corrected chi connectivity index (χ4v) is 3.86. The minimum atomic E-state index is -0.545. The minimum Gasteiger partial charge on any atom is -0.439 e. The van der Waals surface area contributed by atoms with Gasteiger partial charge in [0.15, 0.2) is 11.3 Å². The fourth-order valence-electron chi connectivity index (χ4n) is 3.53. The average molecular weight is 438 g/mol. The summed E-state index contributed by atoms with van der Waals surface area (Å²) in [6, 6.07) is 8.14. The highest BCUT2D eigenvalue weighted by molar-refractivity contribution is 6.31. The zero-order chi connectivity index (χ0) is 20.5. The van der Waals surface area contributed by atoms with Gasteiger partial charge in [-0.25, -0.2) is 9.37 Å². The SMILES string of the molecule is CC(=O)NOc1ccc(Cl)c(F)c1[C@@H]1CC[C@H](c2nc3cc(Cl)ccc3o2)NC1. The van der Waals surface area contributed by atoms with Crippen molar-refractivity contribution in [1.82, 2.24) is 15.8 Å². The van der Waals surface area contributed by atoms with Crippen LogP contribution in [0.4, 0.5) is 4.39 Å². The molecular formula is C20H18Cl2FN3O3. The largest absolute Gasteiger partial charge is 0.439 e. The molecule has 1 aliphatic heterocycles. The molecular weight excluding hydrogens is 420 g/mol. The van der Waals surface area contributed by atoms with Crippen molar-refractivity contribution in [1.29, 1.82) is 0 Å². The first-order chi connectivity index (χ1) is 13.9. The molecule has 152 valence electrons. The van der Waals surface area contributed by atoms with E-state index in [1.165, 1.54) is 13.0 Å². The molecule has 0 spiro atoms. The van der Waals surface area contributed by atoms with Gasteiger partial charge in [-0.3, -0.25) is 4.79 Å². The summed E-state index contributed by atoms with van der Waals surface area (Å²) in [4.78, 5) is 21.0. The van der Waals surface area contributed by atoms with E-state index in [9.17, 15) is 9.18 Å². The van der Waals surface area contributed by atoms with Gasteiger partial charge in [0.2, 0.25) is 11.8 Å². The first kappa shape index (κ1) is 19.9. The molecule has 0 bridgehead atoms. The monoisotopic (exact) mass is 437 g/mol. The molecule has 0 unspecified atom stereocenters. The maximum absolute atomic E-state index is 14.8. The Kier molecular flexibility index (Phi) is 5.63. The number of hydrogen-bond acceptors (Lipinski definition) is 5. The lowest BCUT2D eigenvalue weighted by atomic mass is 9.87. The number of carbonyl (C=O) groups excluding carboxylic acids is 1. The number of oxazole rings is 1. The number of piperidine rings is 1. The molecule has 2 atom stereocenters. The summed E-state index contributed by atoms with van der Waals surface area (Å²) in [5, 5.41) is 3.96. The van der Waals surface area contributed by atoms with Crippen LogP contribution >= 0.6 is 23.2 Å². The van der Waals surface area contributed by atoms with Crippen LogP contribution in [-0.2, 0) is 4.79 Å². The number of benzene rings is 2. The maximum Gasteiger partial charge on any atom is 0.249 e. The second-order valence-corrected chi connectivity index (χ2v) is 7.78. The summed E-state index contributed by atoms with van der Waals surface area (Å²) in [6.07, 6.45) is 1.33. The Morgan fingerprint density at radius 1 is 1.31 bits per heavy atom. The van der Waals surface area contributed by atoms with Crippen molar-refractivity contribution in [2.45, 2.75) is 31.7 Å². The van der Waals surface area contributed by atoms with E-state index < -0.39 is 5.82 Å². The topological polar surface area (TPSA) is 76.4 Å². The number of carbonyl (C=O) groups is 1. The second-order valence-electron chi connectivity index (χ2n) is 6.93. The first-order valence-electron chi connectivity index (χ1n) is 9.13. The van der Waals surface area contributed by atoms with Gasteiger partial charge in [-0.2, -0.15) is 5.48 Å². The molecule has 1 fully saturated rings. The summed E-state index contributed by atoms with van der Waals surface area (Å²) < 4.78 is 20.6. The van der Waals surface area contributed by atoms with Gasteiger partial charge in [0.05, 0.1) is 11.1 Å². The second kappa shape index (κ2) is 8.18. The number of fused-ring (bicyclic) bond motifs is 1.